The van der Waals surface area contributed by atoms with Gasteiger partial charge in [0.05, 0.1) is 22.1 Å². The Kier molecular flexibility index (Phi) is 3.62. The summed E-state index contributed by atoms with van der Waals surface area (Å²) < 4.78 is 1.78. The molecule has 0 aliphatic carbocycles. The molecule has 0 atom stereocenters. The van der Waals surface area contributed by atoms with E-state index in [4.69, 9.17) is 11.6 Å². The van der Waals surface area contributed by atoms with Crippen molar-refractivity contribution in [2.45, 2.75) is 13.8 Å². The number of nitrogens with zero attached hydrogens (tertiary/aromatic N) is 3. The molecule has 0 radical (unpaired) electrons. The van der Waals surface area contributed by atoms with Crippen LogP contribution in [0.5, 0.6) is 0 Å². The van der Waals surface area contributed by atoms with Crippen LogP contribution in [0, 0.1) is 13.8 Å². The van der Waals surface area contributed by atoms with Gasteiger partial charge in [0.1, 0.15) is 0 Å². The predicted octanol–water partition coefficient (Wildman–Crippen LogP) is 2.84. The fourth-order valence-corrected chi connectivity index (χ4v) is 2.00. The van der Waals surface area contributed by atoms with Crippen LogP contribution in [-0.2, 0) is 0 Å². The molecule has 5 heteroatoms. The van der Waals surface area contributed by atoms with Crippen LogP contribution in [0.3, 0.4) is 0 Å². The van der Waals surface area contributed by atoms with Gasteiger partial charge in [0.15, 0.2) is 0 Å². The highest BCUT2D eigenvalue weighted by atomic mass is 35.5. The molecule has 0 aliphatic rings. The van der Waals surface area contributed by atoms with Crippen LogP contribution >= 0.6 is 11.6 Å². The molecule has 0 saturated heterocycles. The average Bonchev–Trinajstić information content (AvgIpc) is 2.66. The van der Waals surface area contributed by atoms with Gasteiger partial charge in [-0.1, -0.05) is 11.6 Å². The van der Waals surface area contributed by atoms with Crippen LogP contribution < -0.4 is 0 Å². The molecule has 1 aromatic carbocycles. The summed E-state index contributed by atoms with van der Waals surface area (Å²) in [6.45, 7) is 3.79. The van der Waals surface area contributed by atoms with Gasteiger partial charge in [-0.05, 0) is 38.1 Å². The Labute approximate surface area is 117 Å². The maximum atomic E-state index is 11.8. The minimum atomic E-state index is -0.0158. The lowest BCUT2D eigenvalue weighted by Crippen LogP contribution is -2.21. The van der Waals surface area contributed by atoms with Crippen LogP contribution in [0.4, 0.5) is 0 Å². The van der Waals surface area contributed by atoms with E-state index in [1.807, 2.05) is 26.0 Å². The van der Waals surface area contributed by atoms with Crippen molar-refractivity contribution in [3.63, 3.8) is 0 Å². The van der Waals surface area contributed by atoms with E-state index >= 15 is 0 Å². The highest BCUT2D eigenvalue weighted by molar-refractivity contribution is 6.31. The minimum Gasteiger partial charge on any atom is -0.345 e. The van der Waals surface area contributed by atoms with Gasteiger partial charge in [0.25, 0.3) is 5.91 Å². The van der Waals surface area contributed by atoms with E-state index < -0.39 is 0 Å². The van der Waals surface area contributed by atoms with Crippen LogP contribution in [0.1, 0.15) is 21.7 Å². The van der Waals surface area contributed by atoms with Crippen LogP contribution in [-0.4, -0.2) is 34.7 Å². The number of rotatable bonds is 2. The number of carbonyl (C=O) groups excluding carboxylic acids is 1. The average molecular weight is 278 g/mol. The van der Waals surface area contributed by atoms with Crippen LogP contribution in [0.2, 0.25) is 5.02 Å². The Balaban J connectivity index is 2.38. The molecular formula is C14H16ClN3O. The van der Waals surface area contributed by atoms with E-state index in [1.54, 1.807) is 35.8 Å². The molecule has 2 aromatic rings. The molecule has 4 nitrogen and oxygen atoms in total. The molecule has 0 fully saturated rings. The zero-order valence-electron chi connectivity index (χ0n) is 11.4. The van der Waals surface area contributed by atoms with Crippen molar-refractivity contribution in [2.75, 3.05) is 14.1 Å². The fourth-order valence-electron chi connectivity index (χ4n) is 1.88. The Morgan fingerprint density at radius 1 is 1.21 bits per heavy atom. The number of hydrogen-bond donors (Lipinski definition) is 0. The zero-order valence-corrected chi connectivity index (χ0v) is 12.2. The molecule has 19 heavy (non-hydrogen) atoms. The number of aryl methyl sites for hydroxylation is 1. The fraction of sp³-hybridized carbons (Fsp3) is 0.286. The number of benzene rings is 1. The molecule has 1 aromatic heterocycles. The third-order valence-corrected chi connectivity index (χ3v) is 3.52. The van der Waals surface area contributed by atoms with Crippen molar-refractivity contribution < 1.29 is 4.79 Å². The molecule has 0 unspecified atom stereocenters. The molecule has 0 saturated carbocycles. The first-order valence-electron chi connectivity index (χ1n) is 5.95. The van der Waals surface area contributed by atoms with Gasteiger partial charge in [-0.15, -0.1) is 0 Å². The maximum absolute atomic E-state index is 11.8. The number of carbonyl (C=O) groups is 1. The van der Waals surface area contributed by atoms with Gasteiger partial charge in [-0.3, -0.25) is 4.79 Å². The SMILES string of the molecule is Cc1nn(-c2ccc(C(=O)N(C)C)cc2)c(C)c1Cl. The van der Waals surface area contributed by atoms with Gasteiger partial charge in [-0.2, -0.15) is 5.10 Å². The predicted molar refractivity (Wildman–Crippen MR) is 76.1 cm³/mol. The quantitative estimate of drug-likeness (QED) is 0.847. The topological polar surface area (TPSA) is 38.1 Å². The second-order valence-electron chi connectivity index (χ2n) is 4.64. The first kappa shape index (κ1) is 13.6. The summed E-state index contributed by atoms with van der Waals surface area (Å²) >= 11 is 6.13. The summed E-state index contributed by atoms with van der Waals surface area (Å²) in [4.78, 5) is 13.4. The van der Waals surface area contributed by atoms with Crippen molar-refractivity contribution in [1.29, 1.82) is 0 Å². The monoisotopic (exact) mass is 277 g/mol. The molecule has 0 bridgehead atoms. The lowest BCUT2D eigenvalue weighted by atomic mass is 10.2. The highest BCUT2D eigenvalue weighted by Crippen LogP contribution is 2.22. The van der Waals surface area contributed by atoms with Gasteiger partial charge < -0.3 is 4.90 Å². The Hall–Kier alpha value is -1.81. The van der Waals surface area contributed by atoms with Crippen molar-refractivity contribution in [3.8, 4) is 5.69 Å². The molecule has 100 valence electrons. The maximum Gasteiger partial charge on any atom is 0.253 e. The zero-order chi connectivity index (χ0) is 14.2. The lowest BCUT2D eigenvalue weighted by Gasteiger charge is -2.11. The van der Waals surface area contributed by atoms with E-state index in [9.17, 15) is 4.79 Å². The number of amides is 1. The molecule has 0 N–H and O–H groups in total. The van der Waals surface area contributed by atoms with E-state index in [1.165, 1.54) is 0 Å². The lowest BCUT2D eigenvalue weighted by molar-refractivity contribution is 0.0827. The summed E-state index contributed by atoms with van der Waals surface area (Å²) in [7, 11) is 3.47. The van der Waals surface area contributed by atoms with Gasteiger partial charge in [0.2, 0.25) is 0 Å². The number of hydrogen-bond acceptors (Lipinski definition) is 2. The third-order valence-electron chi connectivity index (χ3n) is 2.97. The first-order valence-corrected chi connectivity index (χ1v) is 6.33. The summed E-state index contributed by atoms with van der Waals surface area (Å²) in [6.07, 6.45) is 0. The van der Waals surface area contributed by atoms with Gasteiger partial charge >= 0.3 is 0 Å². The Morgan fingerprint density at radius 3 is 2.21 bits per heavy atom. The second-order valence-corrected chi connectivity index (χ2v) is 5.02. The number of aromatic nitrogens is 2. The summed E-state index contributed by atoms with van der Waals surface area (Å²) in [6, 6.07) is 7.32. The van der Waals surface area contributed by atoms with E-state index in [0.717, 1.165) is 17.1 Å². The highest BCUT2D eigenvalue weighted by Gasteiger charge is 2.12. The van der Waals surface area contributed by atoms with Crippen LogP contribution in [0.15, 0.2) is 24.3 Å². The molecule has 0 aliphatic heterocycles. The summed E-state index contributed by atoms with van der Waals surface area (Å²) in [5.74, 6) is -0.0158. The summed E-state index contributed by atoms with van der Waals surface area (Å²) in [5.41, 5.74) is 3.24. The van der Waals surface area contributed by atoms with Crippen LogP contribution in [0.25, 0.3) is 5.69 Å². The third kappa shape index (κ3) is 2.49. The van der Waals surface area contributed by atoms with E-state index in [0.29, 0.717) is 10.6 Å². The van der Waals surface area contributed by atoms with Crippen molar-refractivity contribution in [1.82, 2.24) is 14.7 Å². The molecule has 0 spiro atoms. The second kappa shape index (κ2) is 5.05. The van der Waals surface area contributed by atoms with Crippen molar-refractivity contribution >= 4 is 17.5 Å². The normalized spacial score (nSPS) is 10.6. The number of halogens is 1. The summed E-state index contributed by atoms with van der Waals surface area (Å²) in [5, 5.41) is 5.05. The molecule has 2 rings (SSSR count). The Morgan fingerprint density at radius 2 is 1.79 bits per heavy atom. The minimum absolute atomic E-state index is 0.0158. The van der Waals surface area contributed by atoms with Crippen molar-refractivity contribution in [2.24, 2.45) is 0 Å². The van der Waals surface area contributed by atoms with Crippen molar-refractivity contribution in [3.05, 3.63) is 46.2 Å². The Bertz CT molecular complexity index is 614. The molecular weight excluding hydrogens is 262 g/mol. The largest absolute Gasteiger partial charge is 0.345 e. The standard InChI is InChI=1S/C14H16ClN3O/c1-9-13(15)10(2)18(16-9)12-7-5-11(6-8-12)14(19)17(3)4/h5-8H,1-4H3. The van der Waals surface area contributed by atoms with Gasteiger partial charge in [-0.25, -0.2) is 4.68 Å². The smallest absolute Gasteiger partial charge is 0.253 e. The van der Waals surface area contributed by atoms with E-state index in [-0.39, 0.29) is 5.91 Å². The molecule has 1 amide bonds. The first-order chi connectivity index (χ1) is 8.91. The van der Waals surface area contributed by atoms with Gasteiger partial charge in [0, 0.05) is 19.7 Å². The van der Waals surface area contributed by atoms with E-state index in [2.05, 4.69) is 5.10 Å². The molecule has 1 heterocycles.